The Morgan fingerprint density at radius 1 is 0.870 bits per heavy atom. The fraction of sp³-hybridized carbons (Fsp3) is 0.594. The van der Waals surface area contributed by atoms with Crippen molar-refractivity contribution in [3.05, 3.63) is 57.6 Å². The molecular weight excluding hydrogens is 807 g/mol. The number of nitrogens with one attached hydrogen (secondary N) is 2. The van der Waals surface area contributed by atoms with Gasteiger partial charge in [0.2, 0.25) is 0 Å². The molecule has 1 rings (SSSR count). The Morgan fingerprint density at radius 2 is 1.57 bits per heavy atom. The Hall–Kier alpha value is 1.69. The van der Waals surface area contributed by atoms with E-state index < -0.39 is 18.2 Å². The summed E-state index contributed by atoms with van der Waals surface area (Å²) in [5.41, 5.74) is 1.97. The Labute approximate surface area is 422 Å². The number of benzene rings is 1. The van der Waals surface area contributed by atoms with Crippen LogP contribution in [0.25, 0.3) is 16.0 Å². The summed E-state index contributed by atoms with van der Waals surface area (Å²) in [5.74, 6) is -0.755. The number of hydrogen-bond donors (Lipinski definition) is 2. The third-order valence-corrected chi connectivity index (χ3v) is 6.57. The van der Waals surface area contributed by atoms with Crippen molar-refractivity contribution in [1.29, 1.82) is 0 Å². The SMILES string of the molecule is CCCC(CCCCNC(=O)[N-]CCCOCC[N-]C(=O)CC(=O)[N-]c1ccc(CC(=O)/C=C(/C)NC)cc1)C(=O)CC.[Rb+].[Rb+].[Rb+]. The van der Waals surface area contributed by atoms with Crippen LogP contribution in [0.5, 0.6) is 0 Å². The van der Waals surface area contributed by atoms with E-state index >= 15 is 0 Å². The van der Waals surface area contributed by atoms with E-state index in [0.717, 1.165) is 43.4 Å². The first-order chi connectivity index (χ1) is 20.7. The second kappa shape index (κ2) is 33.8. The number of Topliss-reactive ketones (excluding diaryl/α,β-unsaturated/α-hetero) is 1. The van der Waals surface area contributed by atoms with Gasteiger partial charge in [0.25, 0.3) is 0 Å². The van der Waals surface area contributed by atoms with Gasteiger partial charge in [-0.25, -0.2) is 0 Å². The molecule has 0 aliphatic carbocycles. The van der Waals surface area contributed by atoms with Crippen LogP contribution in [0.1, 0.15) is 77.7 Å². The number of ether oxygens (including phenoxy) is 1. The number of unbranched alkanes of at least 4 members (excludes halogenated alkanes) is 1. The summed E-state index contributed by atoms with van der Waals surface area (Å²) in [4.78, 5) is 59.8. The van der Waals surface area contributed by atoms with Crippen LogP contribution < -0.4 is 185 Å². The molecule has 0 bridgehead atoms. The van der Waals surface area contributed by atoms with Gasteiger partial charge < -0.3 is 40.9 Å². The molecule has 0 radical (unpaired) electrons. The van der Waals surface area contributed by atoms with Crippen molar-refractivity contribution in [2.45, 2.75) is 78.6 Å². The summed E-state index contributed by atoms with van der Waals surface area (Å²) in [7, 11) is 1.75. The first kappa shape index (κ1) is 52.0. The van der Waals surface area contributed by atoms with Crippen LogP contribution in [0, 0.1) is 5.92 Å². The molecule has 240 valence electrons. The van der Waals surface area contributed by atoms with Crippen LogP contribution in [0.15, 0.2) is 36.0 Å². The molecule has 46 heavy (non-hydrogen) atoms. The summed E-state index contributed by atoms with van der Waals surface area (Å²) in [6.07, 6.45) is 6.97. The average molecular weight is 855 g/mol. The molecule has 0 saturated heterocycles. The van der Waals surface area contributed by atoms with E-state index in [1.165, 1.54) is 6.08 Å². The zero-order valence-electron chi connectivity index (χ0n) is 29.2. The number of rotatable bonds is 23. The molecule has 0 fully saturated rings. The number of carbonyl (C=O) groups excluding carboxylic acids is 5. The summed E-state index contributed by atoms with van der Waals surface area (Å²) in [6, 6.07) is 6.34. The van der Waals surface area contributed by atoms with Crippen LogP contribution in [0.3, 0.4) is 0 Å². The molecule has 14 heteroatoms. The maximum Gasteiger partial charge on any atom is 1.00 e. The number of ketones is 2. The topological polar surface area (TPSA) is 161 Å². The van der Waals surface area contributed by atoms with Crippen LogP contribution in [0.2, 0.25) is 0 Å². The summed E-state index contributed by atoms with van der Waals surface area (Å²) >= 11 is 0. The Balaban J connectivity index is -0.00000616. The number of amides is 4. The van der Waals surface area contributed by atoms with Gasteiger partial charge >= 0.3 is 175 Å². The van der Waals surface area contributed by atoms with Gasteiger partial charge in [0, 0.05) is 57.2 Å². The van der Waals surface area contributed by atoms with Gasteiger partial charge in [0.1, 0.15) is 5.78 Å². The molecule has 0 aliphatic rings. The van der Waals surface area contributed by atoms with E-state index in [0.29, 0.717) is 44.0 Å². The molecule has 0 spiro atoms. The zero-order valence-corrected chi connectivity index (χ0v) is 43.9. The second-order valence-corrected chi connectivity index (χ2v) is 10.2. The van der Waals surface area contributed by atoms with Gasteiger partial charge in [-0.05, 0) is 38.3 Å². The first-order valence-corrected chi connectivity index (χ1v) is 15.2. The fourth-order valence-electron chi connectivity index (χ4n) is 4.18. The number of urea groups is 1. The molecule has 1 aromatic rings. The standard InChI is InChI=1S/C32H51N5O6.3Rb/c1-5-10-26(29(39)6-2)11-7-8-16-35-32(42)36-17-9-19-43-20-18-34-30(40)23-31(41)37-27-14-12-25(13-15-27)22-28(38)21-24(3)33-4;;;/h12-15,21,26H,5-11,16-20,22-23H2,1-4H3,(H5,33,34,35,36,37,38,40,41,42);;;/q;3*+1/p-3. The van der Waals surface area contributed by atoms with Crippen molar-refractivity contribution in [2.75, 3.05) is 39.9 Å². The van der Waals surface area contributed by atoms with Crippen LogP contribution in [0.4, 0.5) is 10.5 Å². The van der Waals surface area contributed by atoms with Gasteiger partial charge in [0.05, 0.1) is 11.8 Å². The molecule has 0 heterocycles. The zero-order chi connectivity index (χ0) is 31.9. The molecule has 0 saturated carbocycles. The number of hydrogen-bond acceptors (Lipinski definition) is 7. The van der Waals surface area contributed by atoms with Gasteiger partial charge in [-0.2, -0.15) is 0 Å². The molecule has 0 aromatic heterocycles. The second-order valence-electron chi connectivity index (χ2n) is 10.2. The third kappa shape index (κ3) is 27.4. The van der Waals surface area contributed by atoms with Gasteiger partial charge in [-0.1, -0.05) is 63.9 Å². The van der Waals surface area contributed by atoms with E-state index in [-0.39, 0.29) is 212 Å². The average Bonchev–Trinajstić information content (AvgIpc) is 2.98. The molecule has 1 aromatic carbocycles. The number of nitrogens with zero attached hydrogens (tertiary/aromatic N) is 3. The smallest absolute Gasteiger partial charge is 0.651 e. The summed E-state index contributed by atoms with van der Waals surface area (Å²) in [6.45, 7) is 7.36. The number of carbonyl (C=O) groups is 5. The molecule has 11 nitrogen and oxygen atoms in total. The normalized spacial score (nSPS) is 11.0. The Bertz CT molecular complexity index is 1060. The van der Waals surface area contributed by atoms with E-state index in [1.807, 2.05) is 6.92 Å². The Morgan fingerprint density at radius 3 is 2.20 bits per heavy atom. The Kier molecular flexibility index (Phi) is 38.3. The van der Waals surface area contributed by atoms with Gasteiger partial charge in [-0.3, -0.25) is 14.4 Å². The van der Waals surface area contributed by atoms with E-state index in [4.69, 9.17) is 4.74 Å². The van der Waals surface area contributed by atoms with E-state index in [9.17, 15) is 24.0 Å². The predicted molar refractivity (Wildman–Crippen MR) is 168 cm³/mol. The van der Waals surface area contributed by atoms with Gasteiger partial charge in [0.15, 0.2) is 11.8 Å². The first-order valence-electron chi connectivity index (χ1n) is 15.2. The van der Waals surface area contributed by atoms with Gasteiger partial charge in [-0.15, -0.1) is 12.2 Å². The minimum atomic E-state index is -0.599. The minimum Gasteiger partial charge on any atom is -0.651 e. The molecular formula is C32H48N5O6Rb3. The molecule has 4 amide bonds. The molecule has 2 N–H and O–H groups in total. The fourth-order valence-corrected chi connectivity index (χ4v) is 4.18. The van der Waals surface area contributed by atoms with Crippen molar-refractivity contribution in [2.24, 2.45) is 5.92 Å². The summed E-state index contributed by atoms with van der Waals surface area (Å²) < 4.78 is 5.41. The number of allylic oxidation sites excluding steroid dienone is 2. The predicted octanol–water partition coefficient (Wildman–Crippen LogP) is -3.19. The van der Waals surface area contributed by atoms with Crippen molar-refractivity contribution in [3.63, 3.8) is 0 Å². The van der Waals surface area contributed by atoms with Crippen LogP contribution in [-0.2, 0) is 30.3 Å². The molecule has 1 unspecified atom stereocenters. The van der Waals surface area contributed by atoms with E-state index in [1.54, 1.807) is 38.2 Å². The minimum absolute atomic E-state index is 0. The van der Waals surface area contributed by atoms with Crippen molar-refractivity contribution in [3.8, 4) is 0 Å². The quantitative estimate of drug-likeness (QED) is 0.0667. The van der Waals surface area contributed by atoms with Crippen molar-refractivity contribution in [1.82, 2.24) is 10.6 Å². The monoisotopic (exact) mass is 853 g/mol. The van der Waals surface area contributed by atoms with Crippen molar-refractivity contribution >= 4 is 35.1 Å². The maximum absolute atomic E-state index is 12.1. The van der Waals surface area contributed by atoms with Crippen LogP contribution in [-0.4, -0.2) is 69.3 Å². The van der Waals surface area contributed by atoms with Crippen LogP contribution >= 0.6 is 0 Å². The molecule has 1 atom stereocenters. The summed E-state index contributed by atoms with van der Waals surface area (Å²) in [5, 5.41) is 17.3. The largest absolute Gasteiger partial charge is 1.00 e. The molecule has 0 aliphatic heterocycles. The third-order valence-electron chi connectivity index (χ3n) is 6.57. The maximum atomic E-state index is 12.1. The van der Waals surface area contributed by atoms with Crippen molar-refractivity contribution < 1.29 is 203 Å². The van der Waals surface area contributed by atoms with E-state index in [2.05, 4.69) is 33.5 Å².